The maximum Gasteiger partial charge on any atom is 0.240 e. The van der Waals surface area contributed by atoms with Crippen molar-refractivity contribution in [3.63, 3.8) is 0 Å². The molecule has 18 heavy (non-hydrogen) atoms. The summed E-state index contributed by atoms with van der Waals surface area (Å²) < 4.78 is 0. The molecule has 0 aliphatic carbocycles. The number of anilines is 1. The molecule has 0 saturated heterocycles. The number of amides is 1. The van der Waals surface area contributed by atoms with Gasteiger partial charge in [-0.3, -0.25) is 4.79 Å². The smallest absolute Gasteiger partial charge is 0.240 e. The number of carbonyl (C=O) groups excluding carboxylic acids is 1. The molecule has 0 saturated carbocycles. The summed E-state index contributed by atoms with van der Waals surface area (Å²) in [5.41, 5.74) is 2.09. The van der Waals surface area contributed by atoms with E-state index in [2.05, 4.69) is 10.3 Å². The number of benzene rings is 1. The fraction of sp³-hybridized carbons (Fsp3) is 0.154. The Balaban J connectivity index is 1.99. The molecule has 0 aliphatic heterocycles. The lowest BCUT2D eigenvalue weighted by Gasteiger charge is -1.97. The maximum atomic E-state index is 11.2. The number of thiazole rings is 1. The van der Waals surface area contributed by atoms with Crippen molar-refractivity contribution in [1.29, 1.82) is 5.26 Å². The van der Waals surface area contributed by atoms with Crippen LogP contribution < -0.4 is 5.32 Å². The zero-order valence-corrected chi connectivity index (χ0v) is 10.4. The highest BCUT2D eigenvalue weighted by Gasteiger charge is 2.06. The van der Waals surface area contributed by atoms with E-state index in [0.29, 0.717) is 5.13 Å². The molecule has 0 radical (unpaired) electrons. The van der Waals surface area contributed by atoms with Crippen LogP contribution in [0.2, 0.25) is 0 Å². The van der Waals surface area contributed by atoms with Gasteiger partial charge in [-0.15, -0.1) is 11.3 Å². The molecule has 2 aromatic rings. The number of rotatable bonds is 4. The summed E-state index contributed by atoms with van der Waals surface area (Å²) in [4.78, 5) is 15.5. The first kappa shape index (κ1) is 12.3. The van der Waals surface area contributed by atoms with Crippen molar-refractivity contribution in [3.8, 4) is 6.07 Å². The second-order valence-electron chi connectivity index (χ2n) is 3.69. The number of carbonyl (C=O) groups is 1. The molecule has 0 fully saturated rings. The van der Waals surface area contributed by atoms with Crippen molar-refractivity contribution in [2.45, 2.75) is 12.8 Å². The first-order chi connectivity index (χ1) is 8.78. The third kappa shape index (κ3) is 3.40. The van der Waals surface area contributed by atoms with E-state index in [-0.39, 0.29) is 12.3 Å². The molecule has 1 aromatic heterocycles. The molecule has 1 amide bonds. The highest BCUT2D eigenvalue weighted by Crippen LogP contribution is 2.18. The van der Waals surface area contributed by atoms with E-state index in [1.165, 1.54) is 16.9 Å². The summed E-state index contributed by atoms with van der Waals surface area (Å²) in [6.45, 7) is 0. The topological polar surface area (TPSA) is 65.8 Å². The number of nitrogens with one attached hydrogen (secondary N) is 1. The van der Waals surface area contributed by atoms with Gasteiger partial charge in [-0.25, -0.2) is 4.98 Å². The molecule has 1 aromatic carbocycles. The van der Waals surface area contributed by atoms with Gasteiger partial charge in [0.1, 0.15) is 6.42 Å². The summed E-state index contributed by atoms with van der Waals surface area (Å²) in [5, 5.41) is 13.4. The van der Waals surface area contributed by atoms with E-state index in [4.69, 9.17) is 5.26 Å². The van der Waals surface area contributed by atoms with Crippen LogP contribution in [0.5, 0.6) is 0 Å². The lowest BCUT2D eigenvalue weighted by Crippen LogP contribution is -2.09. The molecular formula is C13H11N3OS. The SMILES string of the molecule is N#CCC(=O)Nc1nc(Cc2ccccc2)cs1. The molecule has 90 valence electrons. The lowest BCUT2D eigenvalue weighted by molar-refractivity contribution is -0.115. The molecule has 5 heteroatoms. The normalized spacial score (nSPS) is 9.72. The molecule has 0 spiro atoms. The Labute approximate surface area is 109 Å². The average molecular weight is 257 g/mol. The van der Waals surface area contributed by atoms with E-state index in [9.17, 15) is 4.79 Å². The highest BCUT2D eigenvalue weighted by molar-refractivity contribution is 7.13. The summed E-state index contributed by atoms with van der Waals surface area (Å²) in [6.07, 6.45) is 0.596. The fourth-order valence-electron chi connectivity index (χ4n) is 1.49. The van der Waals surface area contributed by atoms with Crippen LogP contribution in [-0.4, -0.2) is 10.9 Å². The molecule has 2 rings (SSSR count). The number of hydrogen-bond donors (Lipinski definition) is 1. The molecule has 0 atom stereocenters. The largest absolute Gasteiger partial charge is 0.301 e. The van der Waals surface area contributed by atoms with Crippen molar-refractivity contribution in [3.05, 3.63) is 47.0 Å². The Morgan fingerprint density at radius 3 is 2.89 bits per heavy atom. The Kier molecular flexibility index (Phi) is 4.05. The predicted molar refractivity (Wildman–Crippen MR) is 70.2 cm³/mol. The summed E-state index contributed by atoms with van der Waals surface area (Å²) in [6, 6.07) is 11.8. The molecule has 4 nitrogen and oxygen atoms in total. The Hall–Kier alpha value is -2.19. The number of hydrogen-bond acceptors (Lipinski definition) is 4. The van der Waals surface area contributed by atoms with Crippen LogP contribution in [0, 0.1) is 11.3 Å². The van der Waals surface area contributed by atoms with Gasteiger partial charge in [-0.1, -0.05) is 30.3 Å². The van der Waals surface area contributed by atoms with Crippen LogP contribution >= 0.6 is 11.3 Å². The molecule has 1 heterocycles. The molecule has 0 aliphatic rings. The van der Waals surface area contributed by atoms with Gasteiger partial charge in [0.25, 0.3) is 0 Å². The van der Waals surface area contributed by atoms with E-state index >= 15 is 0 Å². The minimum atomic E-state index is -0.321. The monoisotopic (exact) mass is 257 g/mol. The minimum absolute atomic E-state index is 0.145. The summed E-state index contributed by atoms with van der Waals surface area (Å²) in [7, 11) is 0. The predicted octanol–water partition coefficient (Wildman–Crippen LogP) is 2.59. The van der Waals surface area contributed by atoms with Crippen molar-refractivity contribution in [2.24, 2.45) is 0 Å². The number of nitriles is 1. The van der Waals surface area contributed by atoms with Crippen LogP contribution in [-0.2, 0) is 11.2 Å². The summed E-state index contributed by atoms with van der Waals surface area (Å²) >= 11 is 1.37. The van der Waals surface area contributed by atoms with Crippen molar-refractivity contribution < 1.29 is 4.79 Å². The van der Waals surface area contributed by atoms with Gasteiger partial charge in [0.15, 0.2) is 5.13 Å². The van der Waals surface area contributed by atoms with Crippen LogP contribution in [0.15, 0.2) is 35.7 Å². The Morgan fingerprint density at radius 1 is 1.39 bits per heavy atom. The van der Waals surface area contributed by atoms with E-state index in [1.807, 2.05) is 35.7 Å². The quantitative estimate of drug-likeness (QED) is 0.915. The fourth-order valence-corrected chi connectivity index (χ4v) is 2.21. The Morgan fingerprint density at radius 2 is 2.17 bits per heavy atom. The van der Waals surface area contributed by atoms with E-state index in [0.717, 1.165) is 12.1 Å². The summed E-state index contributed by atoms with van der Waals surface area (Å²) in [5.74, 6) is -0.321. The Bertz CT molecular complexity index is 571. The standard InChI is InChI=1S/C13H11N3OS/c14-7-6-12(17)16-13-15-11(9-18-13)8-10-4-2-1-3-5-10/h1-5,9H,6,8H2,(H,15,16,17). The zero-order valence-electron chi connectivity index (χ0n) is 9.59. The van der Waals surface area contributed by atoms with Crippen molar-refractivity contribution in [2.75, 3.05) is 5.32 Å². The van der Waals surface area contributed by atoms with Crippen molar-refractivity contribution >= 4 is 22.4 Å². The molecular weight excluding hydrogens is 246 g/mol. The van der Waals surface area contributed by atoms with Gasteiger partial charge in [0, 0.05) is 11.8 Å². The van der Waals surface area contributed by atoms with Gasteiger partial charge < -0.3 is 5.32 Å². The second-order valence-corrected chi connectivity index (χ2v) is 4.55. The van der Waals surface area contributed by atoms with Gasteiger partial charge in [0.05, 0.1) is 11.8 Å². The lowest BCUT2D eigenvalue weighted by atomic mass is 10.1. The molecule has 0 bridgehead atoms. The van der Waals surface area contributed by atoms with E-state index < -0.39 is 0 Å². The third-order valence-corrected chi connectivity index (χ3v) is 3.07. The highest BCUT2D eigenvalue weighted by atomic mass is 32.1. The molecule has 0 unspecified atom stereocenters. The number of nitrogens with zero attached hydrogens (tertiary/aromatic N) is 2. The van der Waals surface area contributed by atoms with E-state index in [1.54, 1.807) is 6.07 Å². The second kappa shape index (κ2) is 5.94. The van der Waals surface area contributed by atoms with Gasteiger partial charge in [0.2, 0.25) is 5.91 Å². The van der Waals surface area contributed by atoms with Crippen molar-refractivity contribution in [1.82, 2.24) is 4.98 Å². The van der Waals surface area contributed by atoms with Crippen LogP contribution in [0.4, 0.5) is 5.13 Å². The number of aromatic nitrogens is 1. The van der Waals surface area contributed by atoms with Crippen LogP contribution in [0.25, 0.3) is 0 Å². The first-order valence-electron chi connectivity index (χ1n) is 5.43. The first-order valence-corrected chi connectivity index (χ1v) is 6.31. The van der Waals surface area contributed by atoms with Crippen LogP contribution in [0.1, 0.15) is 17.7 Å². The zero-order chi connectivity index (χ0) is 12.8. The van der Waals surface area contributed by atoms with Crippen LogP contribution in [0.3, 0.4) is 0 Å². The maximum absolute atomic E-state index is 11.2. The average Bonchev–Trinajstić information content (AvgIpc) is 2.78. The molecule has 1 N–H and O–H groups in total. The minimum Gasteiger partial charge on any atom is -0.301 e. The van der Waals surface area contributed by atoms with Gasteiger partial charge >= 0.3 is 0 Å². The third-order valence-electron chi connectivity index (χ3n) is 2.27. The van der Waals surface area contributed by atoms with Gasteiger partial charge in [-0.05, 0) is 5.56 Å². The van der Waals surface area contributed by atoms with Gasteiger partial charge in [-0.2, -0.15) is 5.26 Å².